The highest BCUT2D eigenvalue weighted by molar-refractivity contribution is 6.19. The van der Waals surface area contributed by atoms with Gasteiger partial charge in [0.2, 0.25) is 0 Å². The Kier molecular flexibility index (Phi) is 3.02. The van der Waals surface area contributed by atoms with Crippen LogP contribution in [0.3, 0.4) is 0 Å². The van der Waals surface area contributed by atoms with Gasteiger partial charge in [0.1, 0.15) is 24.0 Å². The fourth-order valence-corrected chi connectivity index (χ4v) is 1.49. The van der Waals surface area contributed by atoms with Crippen LogP contribution in [0.1, 0.15) is 27.2 Å². The number of aliphatic hydroxyl groups excluding tert-OH is 1. The van der Waals surface area contributed by atoms with Gasteiger partial charge in [0, 0.05) is 6.42 Å². The molecule has 0 amide bonds. The van der Waals surface area contributed by atoms with E-state index in [1.165, 1.54) is 7.11 Å². The molecule has 0 spiro atoms. The number of aliphatic hydroxyl groups is 1. The molecule has 0 aliphatic carbocycles. The molecule has 0 aromatic heterocycles. The summed E-state index contributed by atoms with van der Waals surface area (Å²) in [4.78, 5) is 16.1. The minimum atomic E-state index is -0.669. The highest BCUT2D eigenvalue weighted by Gasteiger charge is 2.35. The molecular formula is C10H15NO4. The van der Waals surface area contributed by atoms with Crippen molar-refractivity contribution in [2.24, 2.45) is 5.16 Å². The third-order valence-electron chi connectivity index (χ3n) is 2.04. The Balaban J connectivity index is 3.08. The first-order valence-corrected chi connectivity index (χ1v) is 4.61. The summed E-state index contributed by atoms with van der Waals surface area (Å²) in [6, 6.07) is 0. The number of oxime groups is 1. The van der Waals surface area contributed by atoms with Gasteiger partial charge in [-0.1, -0.05) is 5.16 Å². The van der Waals surface area contributed by atoms with Crippen LogP contribution in [0.4, 0.5) is 0 Å². The maximum atomic E-state index is 11.6. The van der Waals surface area contributed by atoms with Gasteiger partial charge in [-0.25, -0.2) is 4.79 Å². The van der Waals surface area contributed by atoms with Crippen molar-refractivity contribution in [3.05, 3.63) is 11.3 Å². The second-order valence-corrected chi connectivity index (χ2v) is 4.01. The fourth-order valence-electron chi connectivity index (χ4n) is 1.49. The lowest BCUT2D eigenvalue weighted by atomic mass is 9.96. The van der Waals surface area contributed by atoms with Gasteiger partial charge < -0.3 is 14.7 Å². The van der Waals surface area contributed by atoms with E-state index in [9.17, 15) is 9.90 Å². The summed E-state index contributed by atoms with van der Waals surface area (Å²) >= 11 is 0. The summed E-state index contributed by atoms with van der Waals surface area (Å²) in [5.74, 6) is -0.573. The molecule has 84 valence electrons. The summed E-state index contributed by atoms with van der Waals surface area (Å²) in [5, 5.41) is 13.3. The third kappa shape index (κ3) is 2.49. The molecule has 15 heavy (non-hydrogen) atoms. The normalized spacial score (nSPS) is 21.3. The van der Waals surface area contributed by atoms with Crippen molar-refractivity contribution in [1.82, 2.24) is 0 Å². The Bertz CT molecular complexity index is 341. The smallest absolute Gasteiger partial charge is 0.344 e. The Hall–Kier alpha value is -1.52. The quantitative estimate of drug-likeness (QED) is 0.429. The molecular weight excluding hydrogens is 198 g/mol. The molecule has 1 aliphatic heterocycles. The van der Waals surface area contributed by atoms with Crippen molar-refractivity contribution in [2.75, 3.05) is 7.11 Å². The predicted molar refractivity (Wildman–Crippen MR) is 54.6 cm³/mol. The summed E-state index contributed by atoms with van der Waals surface area (Å²) in [5.41, 5.74) is -0.260. The van der Waals surface area contributed by atoms with Gasteiger partial charge in [-0.2, -0.15) is 0 Å². The molecule has 1 rings (SSSR count). The zero-order valence-electron chi connectivity index (χ0n) is 9.33. The average Bonchev–Trinajstić information content (AvgIpc) is 1.99. The summed E-state index contributed by atoms with van der Waals surface area (Å²) in [6.07, 6.45) is 0.282. The molecule has 1 heterocycles. The molecule has 0 unspecified atom stereocenters. The van der Waals surface area contributed by atoms with E-state index in [2.05, 4.69) is 9.99 Å². The lowest BCUT2D eigenvalue weighted by Crippen LogP contribution is -2.36. The largest absolute Gasteiger partial charge is 0.511 e. The van der Waals surface area contributed by atoms with Gasteiger partial charge in [0.25, 0.3) is 0 Å². The first-order valence-electron chi connectivity index (χ1n) is 4.61. The van der Waals surface area contributed by atoms with Crippen LogP contribution in [0.5, 0.6) is 0 Å². The minimum Gasteiger partial charge on any atom is -0.511 e. The molecule has 0 saturated heterocycles. The Morgan fingerprint density at radius 1 is 1.60 bits per heavy atom. The van der Waals surface area contributed by atoms with Crippen molar-refractivity contribution in [1.29, 1.82) is 0 Å². The van der Waals surface area contributed by atoms with E-state index in [1.54, 1.807) is 20.8 Å². The zero-order valence-corrected chi connectivity index (χ0v) is 9.33. The van der Waals surface area contributed by atoms with Gasteiger partial charge in [0.05, 0.1) is 5.71 Å². The van der Waals surface area contributed by atoms with E-state index in [1.807, 2.05) is 0 Å². The van der Waals surface area contributed by atoms with Gasteiger partial charge in [0.15, 0.2) is 0 Å². The van der Waals surface area contributed by atoms with E-state index in [4.69, 9.17) is 4.74 Å². The number of esters is 1. The maximum Gasteiger partial charge on any atom is 0.344 e. The van der Waals surface area contributed by atoms with Crippen molar-refractivity contribution in [3.8, 4) is 0 Å². The molecule has 0 saturated carbocycles. The second-order valence-electron chi connectivity index (χ2n) is 4.01. The molecule has 0 bridgehead atoms. The molecule has 0 fully saturated rings. The van der Waals surface area contributed by atoms with Gasteiger partial charge in [-0.15, -0.1) is 0 Å². The molecule has 1 aliphatic rings. The number of ether oxygens (including phenoxy) is 1. The molecule has 5 nitrogen and oxygen atoms in total. The lowest BCUT2D eigenvalue weighted by Gasteiger charge is -2.30. The SMILES string of the molecule is CON=C(C)C1=C(O)CC(C)(C)OC1=O. The molecule has 0 aromatic carbocycles. The van der Waals surface area contributed by atoms with Crippen molar-refractivity contribution in [2.45, 2.75) is 32.8 Å². The fraction of sp³-hybridized carbons (Fsp3) is 0.600. The number of rotatable bonds is 2. The Labute approximate surface area is 88.4 Å². The lowest BCUT2D eigenvalue weighted by molar-refractivity contribution is -0.153. The first kappa shape index (κ1) is 11.6. The van der Waals surface area contributed by atoms with Crippen LogP contribution in [0.2, 0.25) is 0 Å². The van der Waals surface area contributed by atoms with Crippen LogP contribution in [0.15, 0.2) is 16.5 Å². The van der Waals surface area contributed by atoms with Crippen molar-refractivity contribution >= 4 is 11.7 Å². The average molecular weight is 213 g/mol. The number of nitrogens with zero attached hydrogens (tertiary/aromatic N) is 1. The van der Waals surface area contributed by atoms with Crippen LogP contribution < -0.4 is 0 Å². The maximum absolute atomic E-state index is 11.6. The highest BCUT2D eigenvalue weighted by atomic mass is 16.6. The predicted octanol–water partition coefficient (Wildman–Crippen LogP) is 1.55. The molecule has 0 atom stereocenters. The van der Waals surface area contributed by atoms with Gasteiger partial charge >= 0.3 is 5.97 Å². The zero-order chi connectivity index (χ0) is 11.6. The Morgan fingerprint density at radius 2 is 2.20 bits per heavy atom. The monoisotopic (exact) mass is 213 g/mol. The number of carbonyl (C=O) groups excluding carboxylic acids is 1. The number of carbonyl (C=O) groups is 1. The number of cyclic esters (lactones) is 1. The van der Waals surface area contributed by atoms with Crippen LogP contribution in [0, 0.1) is 0 Å². The van der Waals surface area contributed by atoms with Gasteiger partial charge in [-0.3, -0.25) is 0 Å². The Morgan fingerprint density at radius 3 is 2.67 bits per heavy atom. The van der Waals surface area contributed by atoms with E-state index in [-0.39, 0.29) is 17.8 Å². The number of hydrogen-bond donors (Lipinski definition) is 1. The van der Waals surface area contributed by atoms with Crippen LogP contribution >= 0.6 is 0 Å². The van der Waals surface area contributed by atoms with E-state index < -0.39 is 11.6 Å². The van der Waals surface area contributed by atoms with Crippen LogP contribution in [-0.2, 0) is 14.4 Å². The second kappa shape index (κ2) is 3.92. The molecule has 0 aromatic rings. The van der Waals surface area contributed by atoms with Crippen LogP contribution in [-0.4, -0.2) is 29.5 Å². The van der Waals surface area contributed by atoms with E-state index >= 15 is 0 Å². The van der Waals surface area contributed by atoms with E-state index in [0.717, 1.165) is 0 Å². The van der Waals surface area contributed by atoms with Crippen molar-refractivity contribution in [3.63, 3.8) is 0 Å². The summed E-state index contributed by atoms with van der Waals surface area (Å²) in [7, 11) is 1.37. The third-order valence-corrected chi connectivity index (χ3v) is 2.04. The molecule has 0 radical (unpaired) electrons. The topological polar surface area (TPSA) is 68.1 Å². The van der Waals surface area contributed by atoms with Crippen molar-refractivity contribution < 1.29 is 19.5 Å². The number of hydrogen-bond acceptors (Lipinski definition) is 5. The van der Waals surface area contributed by atoms with E-state index in [0.29, 0.717) is 5.71 Å². The molecule has 5 heteroatoms. The standard InChI is InChI=1S/C10H15NO4/c1-6(11-14-4)8-7(12)5-10(2,3)15-9(8)13/h12H,5H2,1-4H3. The first-order chi connectivity index (χ1) is 6.87. The summed E-state index contributed by atoms with van der Waals surface area (Å²) in [6.45, 7) is 5.05. The minimum absolute atomic E-state index is 0.00505. The van der Waals surface area contributed by atoms with Crippen LogP contribution in [0.25, 0.3) is 0 Å². The highest BCUT2D eigenvalue weighted by Crippen LogP contribution is 2.28. The molecule has 1 N–H and O–H groups in total. The van der Waals surface area contributed by atoms with Gasteiger partial charge in [-0.05, 0) is 20.8 Å². The summed E-state index contributed by atoms with van der Waals surface area (Å²) < 4.78 is 5.13.